The third kappa shape index (κ3) is 4.27. The number of urea groups is 1. The third-order valence-corrected chi connectivity index (χ3v) is 6.54. The molecular weight excluding hydrogens is 480 g/mol. The molecule has 1 unspecified atom stereocenters. The predicted molar refractivity (Wildman–Crippen MR) is 128 cm³/mol. The topological polar surface area (TPSA) is 129 Å². The first-order valence-electron chi connectivity index (χ1n) is 10.5. The number of aryl methyl sites for hydroxylation is 1. The van der Waals surface area contributed by atoms with Crippen LogP contribution in [0.5, 0.6) is 5.88 Å². The van der Waals surface area contributed by atoms with Gasteiger partial charge in [0.05, 0.1) is 47.5 Å². The predicted octanol–water partition coefficient (Wildman–Crippen LogP) is 4.38. The lowest BCUT2D eigenvalue weighted by Gasteiger charge is -2.20. The quantitative estimate of drug-likeness (QED) is 0.382. The van der Waals surface area contributed by atoms with Gasteiger partial charge in [0, 0.05) is 12.7 Å². The van der Waals surface area contributed by atoms with E-state index < -0.39 is 6.03 Å². The minimum atomic E-state index is -0.513. The molecule has 1 atom stereocenters. The van der Waals surface area contributed by atoms with Crippen molar-refractivity contribution in [1.82, 2.24) is 29.9 Å². The van der Waals surface area contributed by atoms with Crippen LogP contribution in [0, 0.1) is 12.8 Å². The van der Waals surface area contributed by atoms with Crippen LogP contribution in [0.25, 0.3) is 16.2 Å². The normalized spacial score (nSPS) is 14.2. The molecule has 0 bridgehead atoms. The number of halogens is 1. The second-order valence-corrected chi connectivity index (χ2v) is 9.30. The summed E-state index contributed by atoms with van der Waals surface area (Å²) < 4.78 is 11.2. The van der Waals surface area contributed by atoms with Crippen molar-refractivity contribution < 1.29 is 14.3 Å². The van der Waals surface area contributed by atoms with Gasteiger partial charge in [0.15, 0.2) is 5.82 Å². The summed E-state index contributed by atoms with van der Waals surface area (Å²) in [4.78, 5) is 28.5. The Morgan fingerprint density at radius 2 is 1.94 bits per heavy atom. The first-order chi connectivity index (χ1) is 16.5. The van der Waals surface area contributed by atoms with Gasteiger partial charge in [-0.3, -0.25) is 0 Å². The fourth-order valence-electron chi connectivity index (χ4n) is 3.78. The highest BCUT2D eigenvalue weighted by Crippen LogP contribution is 2.47. The fourth-order valence-corrected chi connectivity index (χ4v) is 4.78. The van der Waals surface area contributed by atoms with Crippen molar-refractivity contribution in [2.45, 2.75) is 25.9 Å². The maximum Gasteiger partial charge on any atom is 0.323 e. The van der Waals surface area contributed by atoms with Gasteiger partial charge in [-0.15, -0.1) is 4.80 Å². The minimum absolute atomic E-state index is 0.156. The number of nitrogens with one attached hydrogen (secondary N) is 2. The Kier molecular flexibility index (Phi) is 6.02. The first-order valence-corrected chi connectivity index (χ1v) is 11.7. The summed E-state index contributed by atoms with van der Waals surface area (Å²) in [5.41, 5.74) is 2.39. The summed E-state index contributed by atoms with van der Waals surface area (Å²) >= 11 is 7.87. The molecule has 2 amide bonds. The van der Waals surface area contributed by atoms with Crippen molar-refractivity contribution in [2.24, 2.45) is 5.92 Å². The number of fused-ring (bicyclic) bond motifs is 1. The van der Waals surface area contributed by atoms with Crippen molar-refractivity contribution >= 4 is 50.7 Å². The highest BCUT2D eigenvalue weighted by atomic mass is 35.5. The average molecular weight is 501 g/mol. The van der Waals surface area contributed by atoms with Crippen LogP contribution in [0.1, 0.15) is 29.5 Å². The number of hydrogen-bond acceptors (Lipinski definition) is 9. The van der Waals surface area contributed by atoms with Crippen molar-refractivity contribution in [2.75, 3.05) is 24.9 Å². The monoisotopic (exact) mass is 500 g/mol. The summed E-state index contributed by atoms with van der Waals surface area (Å²) in [7, 11) is 3.12. The molecule has 4 heterocycles. The molecule has 4 aromatic heterocycles. The van der Waals surface area contributed by atoms with Crippen LogP contribution in [0.4, 0.5) is 16.2 Å². The summed E-state index contributed by atoms with van der Waals surface area (Å²) in [6, 6.07) is 1.01. The van der Waals surface area contributed by atoms with E-state index in [0.717, 1.165) is 33.8 Å². The van der Waals surface area contributed by atoms with E-state index in [1.807, 2.05) is 6.92 Å². The molecule has 2 N–H and O–H groups in total. The molecule has 1 aliphatic rings. The number of carbonyl (C=O) groups excluding carboxylic acids is 1. The Labute approximate surface area is 203 Å². The molecule has 34 heavy (non-hydrogen) atoms. The summed E-state index contributed by atoms with van der Waals surface area (Å²) in [6.07, 6.45) is 6.59. The van der Waals surface area contributed by atoms with Gasteiger partial charge in [0.1, 0.15) is 16.0 Å². The molecule has 4 aromatic rings. The standard InChI is InChI=1S/C21H21ClN8O3S/c1-10-26-16-15(17(32-2)11-4-5-11)14(9-23-20(16)34-10)28-21(31)27-13-8-12(22)18(29-19(13)33-3)30-24-6-7-25-30/h6-9,11,17H,4-5H2,1-3H3,(H2,27,28,31). The first kappa shape index (κ1) is 22.4. The number of pyridine rings is 2. The largest absolute Gasteiger partial charge is 0.479 e. The Bertz CT molecular complexity index is 1360. The Balaban J connectivity index is 1.45. The second kappa shape index (κ2) is 9.12. The minimum Gasteiger partial charge on any atom is -0.479 e. The highest BCUT2D eigenvalue weighted by molar-refractivity contribution is 7.18. The second-order valence-electron chi connectivity index (χ2n) is 7.71. The summed E-state index contributed by atoms with van der Waals surface area (Å²) in [5.74, 6) is 0.814. The van der Waals surface area contributed by atoms with Crippen LogP contribution in [0.2, 0.25) is 5.02 Å². The van der Waals surface area contributed by atoms with E-state index in [2.05, 4.69) is 35.8 Å². The van der Waals surface area contributed by atoms with Gasteiger partial charge in [0.2, 0.25) is 5.88 Å². The number of aromatic nitrogens is 6. The van der Waals surface area contributed by atoms with Gasteiger partial charge >= 0.3 is 6.03 Å². The zero-order valence-corrected chi connectivity index (χ0v) is 20.1. The number of anilines is 2. The van der Waals surface area contributed by atoms with Gasteiger partial charge in [-0.1, -0.05) is 22.9 Å². The average Bonchev–Trinajstić information content (AvgIpc) is 3.35. The lowest BCUT2D eigenvalue weighted by atomic mass is 10.0. The SMILES string of the molecule is COc1nc(-n2nccn2)c(Cl)cc1NC(=O)Nc1cnc2sc(C)nc2c1C(OC)C1CC1. The number of hydrogen-bond donors (Lipinski definition) is 2. The van der Waals surface area contributed by atoms with Gasteiger partial charge in [-0.05, 0) is 31.7 Å². The van der Waals surface area contributed by atoms with E-state index in [0.29, 0.717) is 11.6 Å². The Morgan fingerprint density at radius 1 is 1.21 bits per heavy atom. The number of amides is 2. The van der Waals surface area contributed by atoms with Gasteiger partial charge in [-0.25, -0.2) is 14.8 Å². The van der Waals surface area contributed by atoms with Crippen molar-refractivity contribution in [3.63, 3.8) is 0 Å². The van der Waals surface area contributed by atoms with Gasteiger partial charge in [-0.2, -0.15) is 15.2 Å². The fraction of sp³-hybridized carbons (Fsp3) is 0.333. The zero-order chi connectivity index (χ0) is 23.8. The molecule has 5 rings (SSSR count). The van der Waals surface area contributed by atoms with E-state index in [-0.39, 0.29) is 28.5 Å². The van der Waals surface area contributed by atoms with E-state index in [1.165, 1.54) is 41.7 Å². The lowest BCUT2D eigenvalue weighted by molar-refractivity contribution is 0.0861. The number of nitrogens with zero attached hydrogens (tertiary/aromatic N) is 6. The molecule has 1 fully saturated rings. The van der Waals surface area contributed by atoms with Crippen LogP contribution in [0.15, 0.2) is 24.7 Å². The van der Waals surface area contributed by atoms with Crippen molar-refractivity contribution in [3.8, 4) is 11.7 Å². The van der Waals surface area contributed by atoms with E-state index in [1.54, 1.807) is 13.3 Å². The van der Waals surface area contributed by atoms with E-state index in [9.17, 15) is 4.79 Å². The molecule has 0 spiro atoms. The number of ether oxygens (including phenoxy) is 2. The molecule has 176 valence electrons. The zero-order valence-electron chi connectivity index (χ0n) is 18.6. The summed E-state index contributed by atoms with van der Waals surface area (Å²) in [6.45, 7) is 1.93. The number of rotatable bonds is 7. The van der Waals surface area contributed by atoms with E-state index in [4.69, 9.17) is 21.1 Å². The van der Waals surface area contributed by atoms with Crippen LogP contribution in [-0.4, -0.2) is 50.2 Å². The molecule has 0 saturated heterocycles. The maximum atomic E-state index is 13.0. The molecule has 0 aromatic carbocycles. The van der Waals surface area contributed by atoms with Gasteiger partial charge in [0.25, 0.3) is 0 Å². The van der Waals surface area contributed by atoms with Crippen molar-refractivity contribution in [3.05, 3.63) is 40.3 Å². The molecule has 13 heteroatoms. The molecule has 0 radical (unpaired) electrons. The molecule has 11 nitrogen and oxygen atoms in total. The maximum absolute atomic E-state index is 13.0. The number of thiazole rings is 1. The van der Waals surface area contributed by atoms with Crippen molar-refractivity contribution in [1.29, 1.82) is 0 Å². The lowest BCUT2D eigenvalue weighted by Crippen LogP contribution is -2.22. The summed E-state index contributed by atoms with van der Waals surface area (Å²) in [5, 5.41) is 14.8. The number of carbonyl (C=O) groups is 1. The van der Waals surface area contributed by atoms with Crippen LogP contribution < -0.4 is 15.4 Å². The van der Waals surface area contributed by atoms with Crippen LogP contribution in [-0.2, 0) is 4.74 Å². The molecular formula is C21H21ClN8O3S. The number of methoxy groups -OCH3 is 2. The van der Waals surface area contributed by atoms with Crippen LogP contribution in [0.3, 0.4) is 0 Å². The smallest absolute Gasteiger partial charge is 0.323 e. The van der Waals surface area contributed by atoms with Gasteiger partial charge < -0.3 is 20.1 Å². The van der Waals surface area contributed by atoms with E-state index >= 15 is 0 Å². The molecule has 1 aliphatic carbocycles. The molecule has 1 saturated carbocycles. The Hall–Kier alpha value is -3.35. The Morgan fingerprint density at radius 3 is 2.62 bits per heavy atom. The highest BCUT2D eigenvalue weighted by Gasteiger charge is 2.36. The van der Waals surface area contributed by atoms with Crippen LogP contribution >= 0.6 is 22.9 Å². The third-order valence-electron chi connectivity index (χ3n) is 5.38. The molecule has 0 aliphatic heterocycles.